The second-order valence-corrected chi connectivity index (χ2v) is 3.78. The largest absolute Gasteiger partial charge is 0.479 e. The molecule has 0 spiro atoms. The van der Waals surface area contributed by atoms with Crippen LogP contribution in [0.2, 0.25) is 0 Å². The molecule has 0 aliphatic carbocycles. The van der Waals surface area contributed by atoms with Gasteiger partial charge in [0.15, 0.2) is 5.60 Å². The molecule has 3 heterocycles. The number of hydrogen-bond donors (Lipinski definition) is 2. The standard InChI is InChI=1S/C8H13NO3.ClH/c10-7(11)8(12)5-9-3-1-6(8)2-4-9;/h6,12H,1-5H2,(H,10,11);1H. The summed E-state index contributed by atoms with van der Waals surface area (Å²) in [5, 5.41) is 18.6. The molecule has 2 N–H and O–H groups in total. The summed E-state index contributed by atoms with van der Waals surface area (Å²) >= 11 is 0. The molecule has 4 nitrogen and oxygen atoms in total. The third-order valence-electron chi connectivity index (χ3n) is 3.10. The molecule has 2 bridgehead atoms. The lowest BCUT2D eigenvalue weighted by Crippen LogP contribution is -2.62. The van der Waals surface area contributed by atoms with Crippen molar-refractivity contribution >= 4 is 18.4 Å². The van der Waals surface area contributed by atoms with Crippen molar-refractivity contribution in [2.45, 2.75) is 18.4 Å². The fourth-order valence-electron chi connectivity index (χ4n) is 2.28. The monoisotopic (exact) mass is 207 g/mol. The molecule has 3 aliphatic rings. The highest BCUT2D eigenvalue weighted by atomic mass is 35.5. The Hall–Kier alpha value is -0.320. The zero-order valence-corrected chi connectivity index (χ0v) is 8.09. The van der Waals surface area contributed by atoms with E-state index in [4.69, 9.17) is 5.11 Å². The van der Waals surface area contributed by atoms with Crippen molar-refractivity contribution in [2.24, 2.45) is 5.92 Å². The van der Waals surface area contributed by atoms with Crippen molar-refractivity contribution in [3.05, 3.63) is 0 Å². The van der Waals surface area contributed by atoms with Gasteiger partial charge in [-0.05, 0) is 25.9 Å². The smallest absolute Gasteiger partial charge is 0.337 e. The van der Waals surface area contributed by atoms with Gasteiger partial charge in [-0.3, -0.25) is 4.90 Å². The van der Waals surface area contributed by atoms with Gasteiger partial charge in [0.25, 0.3) is 0 Å². The van der Waals surface area contributed by atoms with E-state index in [1.807, 2.05) is 4.90 Å². The number of aliphatic carboxylic acids is 1. The Morgan fingerprint density at radius 2 is 1.92 bits per heavy atom. The molecule has 0 aromatic carbocycles. The van der Waals surface area contributed by atoms with Crippen molar-refractivity contribution in [3.63, 3.8) is 0 Å². The first-order valence-electron chi connectivity index (χ1n) is 4.31. The highest BCUT2D eigenvalue weighted by Crippen LogP contribution is 2.35. The molecular formula is C8H14ClNO3. The van der Waals surface area contributed by atoms with Gasteiger partial charge in [-0.1, -0.05) is 0 Å². The molecule has 0 aromatic rings. The van der Waals surface area contributed by atoms with Crippen LogP contribution in [0.3, 0.4) is 0 Å². The molecule has 0 amide bonds. The molecule has 3 aliphatic heterocycles. The minimum absolute atomic E-state index is 0. The van der Waals surface area contributed by atoms with Crippen LogP contribution in [0.4, 0.5) is 0 Å². The first-order valence-corrected chi connectivity index (χ1v) is 4.31. The molecule has 1 atom stereocenters. The summed E-state index contributed by atoms with van der Waals surface area (Å²) in [5.41, 5.74) is -1.46. The molecular weight excluding hydrogens is 194 g/mol. The van der Waals surface area contributed by atoms with Crippen LogP contribution in [0.1, 0.15) is 12.8 Å². The number of rotatable bonds is 1. The van der Waals surface area contributed by atoms with Gasteiger partial charge in [-0.25, -0.2) is 4.79 Å². The molecule has 13 heavy (non-hydrogen) atoms. The van der Waals surface area contributed by atoms with Crippen molar-refractivity contribution in [3.8, 4) is 0 Å². The first kappa shape index (κ1) is 10.8. The van der Waals surface area contributed by atoms with E-state index >= 15 is 0 Å². The summed E-state index contributed by atoms with van der Waals surface area (Å²) in [6.45, 7) is 2.20. The molecule has 0 aromatic heterocycles. The zero-order chi connectivity index (χ0) is 8.77. The van der Waals surface area contributed by atoms with E-state index in [2.05, 4.69) is 0 Å². The number of fused-ring (bicyclic) bond motifs is 3. The highest BCUT2D eigenvalue weighted by Gasteiger charge is 2.50. The summed E-state index contributed by atoms with van der Waals surface area (Å²) < 4.78 is 0. The lowest BCUT2D eigenvalue weighted by molar-refractivity contribution is -0.180. The topological polar surface area (TPSA) is 60.8 Å². The van der Waals surface area contributed by atoms with Crippen molar-refractivity contribution in [1.82, 2.24) is 4.90 Å². The first-order chi connectivity index (χ1) is 5.63. The Morgan fingerprint density at radius 1 is 1.38 bits per heavy atom. The number of halogens is 1. The summed E-state index contributed by atoms with van der Waals surface area (Å²) in [6, 6.07) is 0. The van der Waals surface area contributed by atoms with Gasteiger partial charge in [0.05, 0.1) is 0 Å². The molecule has 3 rings (SSSR count). The number of carboxylic acid groups (broad SMARTS) is 1. The van der Waals surface area contributed by atoms with Gasteiger partial charge in [0.2, 0.25) is 0 Å². The number of piperidine rings is 3. The van der Waals surface area contributed by atoms with Crippen molar-refractivity contribution < 1.29 is 15.0 Å². The number of nitrogens with zero attached hydrogens (tertiary/aromatic N) is 1. The van der Waals surface area contributed by atoms with E-state index in [1.165, 1.54) is 0 Å². The van der Waals surface area contributed by atoms with Gasteiger partial charge in [-0.2, -0.15) is 0 Å². The predicted molar refractivity (Wildman–Crippen MR) is 49.0 cm³/mol. The maximum atomic E-state index is 10.8. The summed E-state index contributed by atoms with van der Waals surface area (Å²) in [7, 11) is 0. The zero-order valence-electron chi connectivity index (χ0n) is 7.27. The average molecular weight is 208 g/mol. The van der Waals surface area contributed by atoms with E-state index in [9.17, 15) is 9.90 Å². The van der Waals surface area contributed by atoms with Crippen LogP contribution in [-0.2, 0) is 4.79 Å². The average Bonchev–Trinajstić information content (AvgIpc) is 2.05. The fraction of sp³-hybridized carbons (Fsp3) is 0.875. The van der Waals surface area contributed by atoms with E-state index in [1.54, 1.807) is 0 Å². The predicted octanol–water partition coefficient (Wildman–Crippen LogP) is -0.0505. The lowest BCUT2D eigenvalue weighted by atomic mass is 9.75. The van der Waals surface area contributed by atoms with Crippen LogP contribution in [0, 0.1) is 5.92 Å². The van der Waals surface area contributed by atoms with Crippen LogP contribution >= 0.6 is 12.4 Å². The summed E-state index contributed by atoms with van der Waals surface area (Å²) in [4.78, 5) is 12.8. The lowest BCUT2D eigenvalue weighted by Gasteiger charge is -2.47. The summed E-state index contributed by atoms with van der Waals surface area (Å²) in [5.74, 6) is -1.09. The molecule has 3 saturated heterocycles. The molecule has 1 unspecified atom stereocenters. The van der Waals surface area contributed by atoms with Gasteiger partial charge in [-0.15, -0.1) is 12.4 Å². The van der Waals surface area contributed by atoms with Crippen molar-refractivity contribution in [2.75, 3.05) is 19.6 Å². The Labute approximate surface area is 82.9 Å². The van der Waals surface area contributed by atoms with E-state index < -0.39 is 11.6 Å². The maximum Gasteiger partial charge on any atom is 0.337 e. The molecule has 0 radical (unpaired) electrons. The van der Waals surface area contributed by atoms with Crippen LogP contribution in [0.15, 0.2) is 0 Å². The number of hydrogen-bond acceptors (Lipinski definition) is 3. The van der Waals surface area contributed by atoms with Crippen molar-refractivity contribution in [1.29, 1.82) is 0 Å². The molecule has 5 heteroatoms. The second kappa shape index (κ2) is 3.44. The number of aliphatic hydroxyl groups is 1. The highest BCUT2D eigenvalue weighted by molar-refractivity contribution is 5.85. The normalized spacial score (nSPS) is 42.5. The van der Waals surface area contributed by atoms with Gasteiger partial charge >= 0.3 is 5.97 Å². The van der Waals surface area contributed by atoms with Gasteiger partial charge in [0, 0.05) is 12.5 Å². The third kappa shape index (κ3) is 1.54. The second-order valence-electron chi connectivity index (χ2n) is 3.78. The van der Waals surface area contributed by atoms with Crippen LogP contribution in [0.25, 0.3) is 0 Å². The van der Waals surface area contributed by atoms with E-state index in [-0.39, 0.29) is 18.3 Å². The maximum absolute atomic E-state index is 10.8. The van der Waals surface area contributed by atoms with Gasteiger partial charge < -0.3 is 10.2 Å². The Kier molecular flexibility index (Phi) is 2.85. The fourth-order valence-corrected chi connectivity index (χ4v) is 2.28. The number of carbonyl (C=O) groups is 1. The van der Waals surface area contributed by atoms with E-state index in [0.717, 1.165) is 25.9 Å². The quantitative estimate of drug-likeness (QED) is 0.633. The third-order valence-corrected chi connectivity index (χ3v) is 3.10. The Balaban J connectivity index is 0.000000845. The molecule has 0 saturated carbocycles. The summed E-state index contributed by atoms with van der Waals surface area (Å²) in [6.07, 6.45) is 1.64. The Bertz CT molecular complexity index is 215. The minimum atomic E-state index is -1.46. The molecule has 76 valence electrons. The molecule has 3 fully saturated rings. The van der Waals surface area contributed by atoms with Crippen LogP contribution < -0.4 is 0 Å². The van der Waals surface area contributed by atoms with E-state index in [0.29, 0.717) is 6.54 Å². The SMILES string of the molecule is Cl.O=C(O)C1(O)CN2CCC1CC2. The Morgan fingerprint density at radius 3 is 2.15 bits per heavy atom. The van der Waals surface area contributed by atoms with Crippen LogP contribution in [-0.4, -0.2) is 46.3 Å². The number of carboxylic acids is 1. The van der Waals surface area contributed by atoms with Gasteiger partial charge in [0.1, 0.15) is 0 Å². The minimum Gasteiger partial charge on any atom is -0.479 e. The van der Waals surface area contributed by atoms with Crippen LogP contribution in [0.5, 0.6) is 0 Å².